The Labute approximate surface area is 110 Å². The minimum atomic E-state index is -0.259. The first-order valence-corrected chi connectivity index (χ1v) is 6.42. The standard InChI is InChI=1S/C15H25NO2/c1-11(2)13-8-12(6-7-14(13)18-5)15(3,10-17)9-16-4/h6-8,11,16-17H,9-10H2,1-5H3. The summed E-state index contributed by atoms with van der Waals surface area (Å²) in [4.78, 5) is 0. The molecule has 3 heteroatoms. The normalized spacial score (nSPS) is 14.6. The van der Waals surface area contributed by atoms with Crippen molar-refractivity contribution in [1.29, 1.82) is 0 Å². The van der Waals surface area contributed by atoms with Crippen LogP contribution in [0.15, 0.2) is 18.2 Å². The van der Waals surface area contributed by atoms with E-state index in [-0.39, 0.29) is 12.0 Å². The van der Waals surface area contributed by atoms with Gasteiger partial charge in [-0.3, -0.25) is 0 Å². The Hall–Kier alpha value is -1.06. The molecular weight excluding hydrogens is 226 g/mol. The third kappa shape index (κ3) is 3.03. The predicted molar refractivity (Wildman–Crippen MR) is 75.4 cm³/mol. The molecule has 0 saturated heterocycles. The van der Waals surface area contributed by atoms with Gasteiger partial charge in [-0.25, -0.2) is 0 Å². The van der Waals surface area contributed by atoms with Crippen LogP contribution < -0.4 is 10.1 Å². The topological polar surface area (TPSA) is 41.5 Å². The molecule has 0 aliphatic rings. The maximum atomic E-state index is 9.65. The fourth-order valence-electron chi connectivity index (χ4n) is 2.20. The zero-order valence-electron chi connectivity index (χ0n) is 12.1. The number of likely N-dealkylation sites (N-methyl/N-ethyl adjacent to an activating group) is 1. The van der Waals surface area contributed by atoms with Crippen molar-refractivity contribution in [3.05, 3.63) is 29.3 Å². The highest BCUT2D eigenvalue weighted by Gasteiger charge is 2.26. The van der Waals surface area contributed by atoms with Gasteiger partial charge in [0.1, 0.15) is 5.75 Å². The van der Waals surface area contributed by atoms with E-state index in [2.05, 4.69) is 32.2 Å². The van der Waals surface area contributed by atoms with E-state index in [1.807, 2.05) is 19.2 Å². The average Bonchev–Trinajstić information content (AvgIpc) is 2.38. The lowest BCUT2D eigenvalue weighted by Gasteiger charge is -2.29. The summed E-state index contributed by atoms with van der Waals surface area (Å²) in [5.41, 5.74) is 2.07. The summed E-state index contributed by atoms with van der Waals surface area (Å²) >= 11 is 0. The highest BCUT2D eigenvalue weighted by Crippen LogP contribution is 2.32. The van der Waals surface area contributed by atoms with Gasteiger partial charge in [-0.05, 0) is 30.2 Å². The van der Waals surface area contributed by atoms with Gasteiger partial charge in [0.05, 0.1) is 13.7 Å². The van der Waals surface area contributed by atoms with Crippen LogP contribution in [-0.2, 0) is 5.41 Å². The first-order chi connectivity index (χ1) is 8.48. The van der Waals surface area contributed by atoms with E-state index in [4.69, 9.17) is 4.74 Å². The Morgan fingerprint density at radius 1 is 1.39 bits per heavy atom. The number of hydrogen-bond acceptors (Lipinski definition) is 3. The third-order valence-corrected chi connectivity index (χ3v) is 3.46. The largest absolute Gasteiger partial charge is 0.496 e. The van der Waals surface area contributed by atoms with Crippen LogP contribution in [0.25, 0.3) is 0 Å². The zero-order chi connectivity index (χ0) is 13.8. The van der Waals surface area contributed by atoms with E-state index in [1.165, 1.54) is 5.56 Å². The van der Waals surface area contributed by atoms with Gasteiger partial charge in [-0.2, -0.15) is 0 Å². The molecule has 0 bridgehead atoms. The number of aliphatic hydroxyl groups excluding tert-OH is 1. The number of rotatable bonds is 6. The number of aliphatic hydroxyl groups is 1. The lowest BCUT2D eigenvalue weighted by molar-refractivity contribution is 0.203. The van der Waals surface area contributed by atoms with Gasteiger partial charge in [0.25, 0.3) is 0 Å². The van der Waals surface area contributed by atoms with Gasteiger partial charge in [0.2, 0.25) is 0 Å². The van der Waals surface area contributed by atoms with Gasteiger partial charge in [0, 0.05) is 12.0 Å². The number of ether oxygens (including phenoxy) is 1. The predicted octanol–water partition coefficient (Wildman–Crippen LogP) is 2.29. The monoisotopic (exact) mass is 251 g/mol. The Kier molecular flexibility index (Phi) is 5.17. The molecule has 0 radical (unpaired) electrons. The molecule has 3 nitrogen and oxygen atoms in total. The summed E-state index contributed by atoms with van der Waals surface area (Å²) in [5.74, 6) is 1.32. The van der Waals surface area contributed by atoms with E-state index >= 15 is 0 Å². The first-order valence-electron chi connectivity index (χ1n) is 6.42. The van der Waals surface area contributed by atoms with Crippen molar-refractivity contribution in [1.82, 2.24) is 5.32 Å². The summed E-state index contributed by atoms with van der Waals surface area (Å²) in [6.45, 7) is 7.23. The lowest BCUT2D eigenvalue weighted by Crippen LogP contribution is -2.37. The molecule has 1 atom stereocenters. The SMILES string of the molecule is CNCC(C)(CO)c1ccc(OC)c(C(C)C)c1. The van der Waals surface area contributed by atoms with Crippen LogP contribution in [0.5, 0.6) is 5.75 Å². The van der Waals surface area contributed by atoms with E-state index in [0.29, 0.717) is 5.92 Å². The van der Waals surface area contributed by atoms with Crippen molar-refractivity contribution in [2.24, 2.45) is 0 Å². The second-order valence-electron chi connectivity index (χ2n) is 5.36. The second-order valence-corrected chi connectivity index (χ2v) is 5.36. The molecule has 1 aromatic rings. The summed E-state index contributed by atoms with van der Waals surface area (Å²) < 4.78 is 5.39. The second kappa shape index (κ2) is 6.21. The molecule has 0 heterocycles. The van der Waals surface area contributed by atoms with E-state index in [1.54, 1.807) is 7.11 Å². The van der Waals surface area contributed by atoms with E-state index in [9.17, 15) is 5.11 Å². The average molecular weight is 251 g/mol. The van der Waals surface area contributed by atoms with Crippen molar-refractivity contribution in [2.45, 2.75) is 32.1 Å². The molecule has 2 N–H and O–H groups in total. The van der Waals surface area contributed by atoms with Crippen LogP contribution in [0.4, 0.5) is 0 Å². The molecule has 0 spiro atoms. The van der Waals surface area contributed by atoms with Crippen molar-refractivity contribution >= 4 is 0 Å². The minimum absolute atomic E-state index is 0.123. The number of methoxy groups -OCH3 is 1. The van der Waals surface area contributed by atoms with Crippen LogP contribution in [-0.4, -0.2) is 32.4 Å². The van der Waals surface area contributed by atoms with Crippen LogP contribution >= 0.6 is 0 Å². The summed E-state index contributed by atoms with van der Waals surface area (Å²) in [7, 11) is 3.60. The molecule has 0 aromatic heterocycles. The van der Waals surface area contributed by atoms with Crippen LogP contribution in [0.1, 0.15) is 37.8 Å². The van der Waals surface area contributed by atoms with Gasteiger partial charge in [0.15, 0.2) is 0 Å². The van der Waals surface area contributed by atoms with Crippen molar-refractivity contribution in [3.63, 3.8) is 0 Å². The smallest absolute Gasteiger partial charge is 0.122 e. The zero-order valence-corrected chi connectivity index (χ0v) is 12.1. The molecule has 1 unspecified atom stereocenters. The quantitative estimate of drug-likeness (QED) is 0.815. The van der Waals surface area contributed by atoms with Gasteiger partial charge >= 0.3 is 0 Å². The lowest BCUT2D eigenvalue weighted by atomic mass is 9.81. The fraction of sp³-hybridized carbons (Fsp3) is 0.600. The highest BCUT2D eigenvalue weighted by molar-refractivity contribution is 5.42. The Morgan fingerprint density at radius 2 is 2.06 bits per heavy atom. The molecule has 0 aliphatic carbocycles. The summed E-state index contributed by atoms with van der Waals surface area (Å²) in [6, 6.07) is 6.18. The highest BCUT2D eigenvalue weighted by atomic mass is 16.5. The Balaban J connectivity index is 3.21. The van der Waals surface area contributed by atoms with Gasteiger partial charge < -0.3 is 15.2 Å². The molecule has 102 valence electrons. The van der Waals surface area contributed by atoms with E-state index < -0.39 is 0 Å². The summed E-state index contributed by atoms with van der Waals surface area (Å²) in [6.07, 6.45) is 0. The van der Waals surface area contributed by atoms with Crippen molar-refractivity contribution in [3.8, 4) is 5.75 Å². The van der Waals surface area contributed by atoms with Crippen molar-refractivity contribution in [2.75, 3.05) is 27.3 Å². The molecule has 1 rings (SSSR count). The third-order valence-electron chi connectivity index (χ3n) is 3.46. The van der Waals surface area contributed by atoms with Crippen LogP contribution in [0.3, 0.4) is 0 Å². The maximum absolute atomic E-state index is 9.65. The first kappa shape index (κ1) is 15.0. The molecular formula is C15H25NO2. The van der Waals surface area contributed by atoms with E-state index in [0.717, 1.165) is 17.9 Å². The van der Waals surface area contributed by atoms with Crippen LogP contribution in [0.2, 0.25) is 0 Å². The molecule has 0 saturated carbocycles. The molecule has 0 fully saturated rings. The number of nitrogens with one attached hydrogen (secondary N) is 1. The minimum Gasteiger partial charge on any atom is -0.496 e. The Morgan fingerprint density at radius 3 is 2.50 bits per heavy atom. The molecule has 1 aromatic carbocycles. The number of benzene rings is 1. The van der Waals surface area contributed by atoms with Crippen LogP contribution in [0, 0.1) is 0 Å². The van der Waals surface area contributed by atoms with Gasteiger partial charge in [-0.1, -0.05) is 32.9 Å². The molecule has 18 heavy (non-hydrogen) atoms. The van der Waals surface area contributed by atoms with Gasteiger partial charge in [-0.15, -0.1) is 0 Å². The molecule has 0 aliphatic heterocycles. The maximum Gasteiger partial charge on any atom is 0.122 e. The summed E-state index contributed by atoms with van der Waals surface area (Å²) in [5, 5.41) is 12.8. The number of hydrogen-bond donors (Lipinski definition) is 2. The fourth-order valence-corrected chi connectivity index (χ4v) is 2.20. The van der Waals surface area contributed by atoms with Crippen molar-refractivity contribution < 1.29 is 9.84 Å². The molecule has 0 amide bonds. The Bertz CT molecular complexity index is 390.